The lowest BCUT2D eigenvalue weighted by molar-refractivity contribution is -0.116. The highest BCUT2D eigenvalue weighted by atomic mass is 16.2. The van der Waals surface area contributed by atoms with Crippen LogP contribution in [0.5, 0.6) is 0 Å². The molecule has 0 spiro atoms. The van der Waals surface area contributed by atoms with Gasteiger partial charge in [0, 0.05) is 23.9 Å². The molecule has 1 aliphatic heterocycles. The quantitative estimate of drug-likeness (QED) is 0.913. The summed E-state index contributed by atoms with van der Waals surface area (Å²) in [6, 6.07) is 10.8. The van der Waals surface area contributed by atoms with Crippen LogP contribution in [-0.4, -0.2) is 16.8 Å². The molecule has 112 valence electrons. The molecule has 0 bridgehead atoms. The van der Waals surface area contributed by atoms with Crippen LogP contribution in [0, 0.1) is 0 Å². The Hall–Kier alpha value is -2.69. The van der Waals surface area contributed by atoms with E-state index in [0.717, 1.165) is 16.9 Å². The Morgan fingerprint density at radius 1 is 1.27 bits per heavy atom. The van der Waals surface area contributed by atoms with Crippen LogP contribution in [0.4, 0.5) is 5.69 Å². The van der Waals surface area contributed by atoms with Gasteiger partial charge in [-0.3, -0.25) is 14.6 Å². The van der Waals surface area contributed by atoms with Crippen molar-refractivity contribution in [2.24, 2.45) is 0 Å². The summed E-state index contributed by atoms with van der Waals surface area (Å²) in [4.78, 5) is 27.9. The first-order valence-corrected chi connectivity index (χ1v) is 7.28. The fraction of sp³-hybridized carbons (Fsp3) is 0.235. The Balaban J connectivity index is 1.74. The number of carbonyl (C=O) groups is 2. The maximum absolute atomic E-state index is 12.4. The molecule has 0 radical (unpaired) electrons. The summed E-state index contributed by atoms with van der Waals surface area (Å²) in [5, 5.41) is 5.75. The minimum absolute atomic E-state index is 0.0217. The van der Waals surface area contributed by atoms with Gasteiger partial charge in [0.2, 0.25) is 5.91 Å². The van der Waals surface area contributed by atoms with E-state index in [1.165, 1.54) is 0 Å². The van der Waals surface area contributed by atoms with Gasteiger partial charge in [-0.05, 0) is 49.2 Å². The third kappa shape index (κ3) is 2.98. The monoisotopic (exact) mass is 295 g/mol. The Morgan fingerprint density at radius 2 is 2.14 bits per heavy atom. The van der Waals surface area contributed by atoms with Crippen molar-refractivity contribution in [2.75, 3.05) is 5.32 Å². The summed E-state index contributed by atoms with van der Waals surface area (Å²) in [7, 11) is 0. The van der Waals surface area contributed by atoms with Crippen LogP contribution in [0.3, 0.4) is 0 Å². The van der Waals surface area contributed by atoms with Gasteiger partial charge in [0.05, 0.1) is 11.7 Å². The van der Waals surface area contributed by atoms with Gasteiger partial charge in [0.25, 0.3) is 5.91 Å². The Kier molecular flexibility index (Phi) is 3.87. The molecule has 0 aliphatic carbocycles. The van der Waals surface area contributed by atoms with Gasteiger partial charge in [-0.15, -0.1) is 0 Å². The molecule has 2 aromatic rings. The molecular formula is C17H17N3O2. The molecule has 0 unspecified atom stereocenters. The number of aromatic nitrogens is 1. The van der Waals surface area contributed by atoms with Crippen LogP contribution in [-0.2, 0) is 11.2 Å². The van der Waals surface area contributed by atoms with Crippen molar-refractivity contribution >= 4 is 17.5 Å². The summed E-state index contributed by atoms with van der Waals surface area (Å²) in [6.07, 6.45) is 2.83. The number of hydrogen-bond donors (Lipinski definition) is 2. The van der Waals surface area contributed by atoms with Crippen molar-refractivity contribution in [3.8, 4) is 0 Å². The first kappa shape index (κ1) is 14.3. The number of nitrogens with one attached hydrogen (secondary N) is 2. The van der Waals surface area contributed by atoms with Crippen molar-refractivity contribution in [3.63, 3.8) is 0 Å². The van der Waals surface area contributed by atoms with Gasteiger partial charge in [-0.1, -0.05) is 6.07 Å². The summed E-state index contributed by atoms with van der Waals surface area (Å²) in [5.74, 6) is -0.119. The Bertz CT molecular complexity index is 713. The standard InChI is InChI=1S/C17H17N3O2/c1-11(14-4-2-3-9-18-14)19-17(22)13-5-7-15-12(10-13)6-8-16(21)20-15/h2-5,7,9-11H,6,8H2,1H3,(H,19,22)(H,20,21)/t11-/m0/s1. The van der Waals surface area contributed by atoms with Gasteiger partial charge >= 0.3 is 0 Å². The maximum atomic E-state index is 12.4. The van der Waals surface area contributed by atoms with E-state index in [1.54, 1.807) is 18.3 Å². The first-order valence-electron chi connectivity index (χ1n) is 7.28. The lowest BCUT2D eigenvalue weighted by Gasteiger charge is -2.18. The fourth-order valence-corrected chi connectivity index (χ4v) is 2.51. The Labute approximate surface area is 128 Å². The smallest absolute Gasteiger partial charge is 0.251 e. The van der Waals surface area contributed by atoms with Gasteiger partial charge in [-0.25, -0.2) is 0 Å². The van der Waals surface area contributed by atoms with E-state index in [4.69, 9.17) is 0 Å². The molecule has 1 atom stereocenters. The zero-order valence-corrected chi connectivity index (χ0v) is 12.3. The third-order valence-corrected chi connectivity index (χ3v) is 3.74. The van der Waals surface area contributed by atoms with E-state index in [-0.39, 0.29) is 17.9 Å². The minimum Gasteiger partial charge on any atom is -0.344 e. The second kappa shape index (κ2) is 5.97. The molecule has 1 aromatic carbocycles. The molecule has 5 nitrogen and oxygen atoms in total. The molecule has 0 saturated carbocycles. The average molecular weight is 295 g/mol. The molecule has 0 fully saturated rings. The van der Waals surface area contributed by atoms with E-state index in [0.29, 0.717) is 18.4 Å². The number of carbonyl (C=O) groups excluding carboxylic acids is 2. The highest BCUT2D eigenvalue weighted by molar-refractivity contribution is 5.98. The van der Waals surface area contributed by atoms with Crippen LogP contribution < -0.4 is 10.6 Å². The highest BCUT2D eigenvalue weighted by Gasteiger charge is 2.18. The predicted octanol–water partition coefficient (Wildman–Crippen LogP) is 2.46. The number of aryl methyl sites for hydroxylation is 1. The van der Waals surface area contributed by atoms with Gasteiger partial charge < -0.3 is 10.6 Å². The molecule has 1 aromatic heterocycles. The molecule has 1 aliphatic rings. The summed E-state index contributed by atoms with van der Waals surface area (Å²) in [6.45, 7) is 1.90. The number of benzene rings is 1. The predicted molar refractivity (Wildman–Crippen MR) is 83.5 cm³/mol. The van der Waals surface area contributed by atoms with Gasteiger partial charge in [0.15, 0.2) is 0 Å². The number of amides is 2. The molecular weight excluding hydrogens is 278 g/mol. The van der Waals surface area contributed by atoms with Crippen LogP contribution in [0.2, 0.25) is 0 Å². The van der Waals surface area contributed by atoms with E-state index in [2.05, 4.69) is 15.6 Å². The van der Waals surface area contributed by atoms with Crippen molar-refractivity contribution in [1.82, 2.24) is 10.3 Å². The molecule has 3 rings (SSSR count). The maximum Gasteiger partial charge on any atom is 0.251 e. The highest BCUT2D eigenvalue weighted by Crippen LogP contribution is 2.23. The molecule has 0 saturated heterocycles. The second-order valence-electron chi connectivity index (χ2n) is 5.37. The van der Waals surface area contributed by atoms with Crippen LogP contribution >= 0.6 is 0 Å². The SMILES string of the molecule is C[C@H](NC(=O)c1ccc2c(c1)CCC(=O)N2)c1ccccn1. The van der Waals surface area contributed by atoms with Crippen molar-refractivity contribution in [3.05, 3.63) is 59.4 Å². The van der Waals surface area contributed by atoms with Crippen molar-refractivity contribution in [2.45, 2.75) is 25.8 Å². The number of pyridine rings is 1. The minimum atomic E-state index is -0.163. The number of hydrogen-bond acceptors (Lipinski definition) is 3. The number of rotatable bonds is 3. The molecule has 5 heteroatoms. The summed E-state index contributed by atoms with van der Waals surface area (Å²) < 4.78 is 0. The van der Waals surface area contributed by atoms with Crippen LogP contribution in [0.15, 0.2) is 42.6 Å². The van der Waals surface area contributed by atoms with Crippen molar-refractivity contribution in [1.29, 1.82) is 0 Å². The summed E-state index contributed by atoms with van der Waals surface area (Å²) >= 11 is 0. The molecule has 2 amide bonds. The summed E-state index contributed by atoms with van der Waals surface area (Å²) in [5.41, 5.74) is 3.21. The van der Waals surface area contributed by atoms with Gasteiger partial charge in [0.1, 0.15) is 0 Å². The van der Waals surface area contributed by atoms with Crippen LogP contribution in [0.25, 0.3) is 0 Å². The van der Waals surface area contributed by atoms with E-state index in [1.807, 2.05) is 31.2 Å². The molecule has 2 heterocycles. The Morgan fingerprint density at radius 3 is 2.91 bits per heavy atom. The number of anilines is 1. The normalized spacial score (nSPS) is 14.7. The average Bonchev–Trinajstić information content (AvgIpc) is 2.55. The van der Waals surface area contributed by atoms with Crippen LogP contribution in [0.1, 0.15) is 41.0 Å². The second-order valence-corrected chi connectivity index (χ2v) is 5.37. The van der Waals surface area contributed by atoms with E-state index in [9.17, 15) is 9.59 Å². The van der Waals surface area contributed by atoms with E-state index < -0.39 is 0 Å². The fourth-order valence-electron chi connectivity index (χ4n) is 2.51. The molecule has 22 heavy (non-hydrogen) atoms. The largest absolute Gasteiger partial charge is 0.344 e. The van der Waals surface area contributed by atoms with E-state index >= 15 is 0 Å². The zero-order chi connectivity index (χ0) is 15.5. The topological polar surface area (TPSA) is 71.1 Å². The zero-order valence-electron chi connectivity index (χ0n) is 12.3. The van der Waals surface area contributed by atoms with Gasteiger partial charge in [-0.2, -0.15) is 0 Å². The third-order valence-electron chi connectivity index (χ3n) is 3.74. The lowest BCUT2D eigenvalue weighted by Crippen LogP contribution is -2.27. The number of nitrogens with zero attached hydrogens (tertiary/aromatic N) is 1. The molecule has 2 N–H and O–H groups in total. The first-order chi connectivity index (χ1) is 10.6. The van der Waals surface area contributed by atoms with Crippen molar-refractivity contribution < 1.29 is 9.59 Å². The lowest BCUT2D eigenvalue weighted by atomic mass is 10.00. The number of fused-ring (bicyclic) bond motifs is 1.